The van der Waals surface area contributed by atoms with Crippen LogP contribution in [-0.2, 0) is 7.05 Å². The van der Waals surface area contributed by atoms with Crippen LogP contribution >= 0.6 is 0 Å². The number of pyridine rings is 1. The lowest BCUT2D eigenvalue weighted by Crippen LogP contribution is -2.14. The molecular formula is C21H17FN4O2. The lowest BCUT2D eigenvalue weighted by Gasteiger charge is -2.11. The van der Waals surface area contributed by atoms with Gasteiger partial charge in [0.15, 0.2) is 5.65 Å². The molecule has 0 saturated carbocycles. The molecule has 1 N–H and O–H groups in total. The zero-order valence-corrected chi connectivity index (χ0v) is 15.3. The predicted octanol–water partition coefficient (Wildman–Crippen LogP) is 4.04. The Morgan fingerprint density at radius 1 is 1.14 bits per heavy atom. The summed E-state index contributed by atoms with van der Waals surface area (Å²) in [6, 6.07) is 15.1. The van der Waals surface area contributed by atoms with Crippen LogP contribution in [-0.4, -0.2) is 27.8 Å². The van der Waals surface area contributed by atoms with Crippen molar-refractivity contribution in [2.24, 2.45) is 7.05 Å². The maximum atomic E-state index is 14.0. The molecular weight excluding hydrogens is 359 g/mol. The molecule has 6 nitrogen and oxygen atoms in total. The molecule has 0 aliphatic heterocycles. The summed E-state index contributed by atoms with van der Waals surface area (Å²) in [5.74, 6) is -0.309. The number of carbonyl (C=O) groups is 1. The van der Waals surface area contributed by atoms with E-state index in [2.05, 4.69) is 15.4 Å². The van der Waals surface area contributed by atoms with Crippen LogP contribution in [0.5, 0.6) is 5.75 Å². The summed E-state index contributed by atoms with van der Waals surface area (Å²) in [6.07, 6.45) is 1.57. The maximum Gasteiger partial charge on any atom is 0.256 e. The highest BCUT2D eigenvalue weighted by Crippen LogP contribution is 2.31. The van der Waals surface area contributed by atoms with Gasteiger partial charge in [0, 0.05) is 12.6 Å². The van der Waals surface area contributed by atoms with Gasteiger partial charge in [-0.2, -0.15) is 5.10 Å². The third-order valence-electron chi connectivity index (χ3n) is 4.45. The quantitative estimate of drug-likeness (QED) is 0.584. The lowest BCUT2D eigenvalue weighted by atomic mass is 10.1. The Bertz CT molecular complexity index is 1190. The number of fused-ring (bicyclic) bond motifs is 1. The molecule has 0 unspecified atom stereocenters. The SMILES string of the molecule is COc1ccccc1-c1cc(C(=O)Nc2ccccc2F)c2cnn(C)c2n1. The van der Waals surface area contributed by atoms with E-state index in [-0.39, 0.29) is 5.69 Å². The van der Waals surface area contributed by atoms with Gasteiger partial charge in [-0.1, -0.05) is 24.3 Å². The highest BCUT2D eigenvalue weighted by molar-refractivity contribution is 6.12. The Balaban J connectivity index is 1.86. The number of halogens is 1. The normalized spacial score (nSPS) is 10.8. The van der Waals surface area contributed by atoms with Gasteiger partial charge in [-0.25, -0.2) is 9.37 Å². The van der Waals surface area contributed by atoms with E-state index in [9.17, 15) is 9.18 Å². The number of benzene rings is 2. The molecule has 0 spiro atoms. The van der Waals surface area contributed by atoms with Crippen LogP contribution in [0, 0.1) is 5.82 Å². The van der Waals surface area contributed by atoms with E-state index in [1.165, 1.54) is 12.1 Å². The molecule has 0 atom stereocenters. The average Bonchev–Trinajstić information content (AvgIpc) is 3.09. The number of carbonyl (C=O) groups excluding carboxylic acids is 1. The van der Waals surface area contributed by atoms with E-state index in [0.717, 1.165) is 5.56 Å². The number of methoxy groups -OCH3 is 1. The fourth-order valence-electron chi connectivity index (χ4n) is 3.05. The van der Waals surface area contributed by atoms with Gasteiger partial charge in [-0.05, 0) is 30.3 Å². The van der Waals surface area contributed by atoms with Crippen LogP contribution in [0.15, 0.2) is 60.8 Å². The molecule has 28 heavy (non-hydrogen) atoms. The number of rotatable bonds is 4. The fourth-order valence-corrected chi connectivity index (χ4v) is 3.05. The van der Waals surface area contributed by atoms with E-state index in [0.29, 0.717) is 28.0 Å². The van der Waals surface area contributed by atoms with Gasteiger partial charge in [-0.3, -0.25) is 9.48 Å². The summed E-state index contributed by atoms with van der Waals surface area (Å²) < 4.78 is 21.0. The molecule has 2 aromatic heterocycles. The molecule has 0 bridgehead atoms. The van der Waals surface area contributed by atoms with Crippen LogP contribution in [0.3, 0.4) is 0 Å². The van der Waals surface area contributed by atoms with Gasteiger partial charge in [0.2, 0.25) is 0 Å². The van der Waals surface area contributed by atoms with E-state index in [4.69, 9.17) is 4.74 Å². The molecule has 1 amide bonds. The van der Waals surface area contributed by atoms with Gasteiger partial charge in [0.25, 0.3) is 5.91 Å². The number of aromatic nitrogens is 3. The number of nitrogens with zero attached hydrogens (tertiary/aromatic N) is 3. The largest absolute Gasteiger partial charge is 0.496 e. The molecule has 0 fully saturated rings. The van der Waals surface area contributed by atoms with Gasteiger partial charge in [-0.15, -0.1) is 0 Å². The van der Waals surface area contributed by atoms with Crippen molar-refractivity contribution in [2.75, 3.05) is 12.4 Å². The summed E-state index contributed by atoms with van der Waals surface area (Å²) in [5, 5.41) is 7.41. The van der Waals surface area contributed by atoms with Crippen LogP contribution in [0.4, 0.5) is 10.1 Å². The minimum absolute atomic E-state index is 0.111. The zero-order chi connectivity index (χ0) is 19.7. The molecule has 0 saturated heterocycles. The van der Waals surface area contributed by atoms with Crippen LogP contribution < -0.4 is 10.1 Å². The van der Waals surface area contributed by atoms with Crippen LogP contribution in [0.2, 0.25) is 0 Å². The van der Waals surface area contributed by atoms with E-state index < -0.39 is 11.7 Å². The Hall–Kier alpha value is -3.74. The van der Waals surface area contributed by atoms with Gasteiger partial charge in [0.1, 0.15) is 11.6 Å². The standard InChI is InChI=1S/C21H17FN4O2/c1-26-20-15(12-23-26)14(21(27)25-17-9-5-4-8-16(17)22)11-18(24-20)13-7-3-6-10-19(13)28-2/h3-12H,1-2H3,(H,25,27). The molecule has 0 aliphatic carbocycles. The topological polar surface area (TPSA) is 69.0 Å². The first-order valence-corrected chi connectivity index (χ1v) is 8.60. The van der Waals surface area contributed by atoms with Crippen molar-refractivity contribution in [3.05, 3.63) is 72.2 Å². The summed E-state index contributed by atoms with van der Waals surface area (Å²) in [7, 11) is 3.33. The number of ether oxygens (including phenoxy) is 1. The number of amides is 1. The van der Waals surface area contributed by atoms with Gasteiger partial charge < -0.3 is 10.1 Å². The molecule has 2 heterocycles. The van der Waals surface area contributed by atoms with Crippen molar-refractivity contribution in [3.63, 3.8) is 0 Å². The molecule has 4 rings (SSSR count). The third-order valence-corrected chi connectivity index (χ3v) is 4.45. The highest BCUT2D eigenvalue weighted by atomic mass is 19.1. The number of hydrogen-bond acceptors (Lipinski definition) is 4. The third kappa shape index (κ3) is 3.07. The first-order chi connectivity index (χ1) is 13.6. The fraction of sp³-hybridized carbons (Fsp3) is 0.0952. The Morgan fingerprint density at radius 2 is 1.89 bits per heavy atom. The smallest absolute Gasteiger partial charge is 0.256 e. The van der Waals surface area contributed by atoms with Crippen LogP contribution in [0.25, 0.3) is 22.3 Å². The van der Waals surface area contributed by atoms with Gasteiger partial charge in [0.05, 0.1) is 35.6 Å². The second-order valence-corrected chi connectivity index (χ2v) is 6.19. The first-order valence-electron chi connectivity index (χ1n) is 8.60. The average molecular weight is 376 g/mol. The second kappa shape index (κ2) is 7.11. The van der Waals surface area contributed by atoms with E-state index in [1.54, 1.807) is 43.2 Å². The van der Waals surface area contributed by atoms with Crippen molar-refractivity contribution in [3.8, 4) is 17.0 Å². The molecule has 140 valence electrons. The molecule has 7 heteroatoms. The molecule has 4 aromatic rings. The summed E-state index contributed by atoms with van der Waals surface area (Å²) >= 11 is 0. The van der Waals surface area contributed by atoms with Crippen molar-refractivity contribution in [1.29, 1.82) is 0 Å². The number of para-hydroxylation sites is 2. The Labute approximate surface area is 160 Å². The number of nitrogens with one attached hydrogen (secondary N) is 1. The lowest BCUT2D eigenvalue weighted by molar-refractivity contribution is 0.102. The van der Waals surface area contributed by atoms with Crippen LogP contribution in [0.1, 0.15) is 10.4 Å². The van der Waals surface area contributed by atoms with Crippen molar-refractivity contribution >= 4 is 22.6 Å². The molecule has 0 aliphatic rings. The Kier molecular flexibility index (Phi) is 4.49. The van der Waals surface area contributed by atoms with E-state index >= 15 is 0 Å². The van der Waals surface area contributed by atoms with Crippen molar-refractivity contribution < 1.29 is 13.9 Å². The maximum absolute atomic E-state index is 14.0. The summed E-state index contributed by atoms with van der Waals surface area (Å²) in [6.45, 7) is 0. The second-order valence-electron chi connectivity index (χ2n) is 6.19. The number of aryl methyl sites for hydroxylation is 1. The van der Waals surface area contributed by atoms with Crippen molar-refractivity contribution in [2.45, 2.75) is 0 Å². The Morgan fingerprint density at radius 3 is 2.68 bits per heavy atom. The molecule has 2 aromatic carbocycles. The van der Waals surface area contributed by atoms with Crippen molar-refractivity contribution in [1.82, 2.24) is 14.8 Å². The number of anilines is 1. The summed E-state index contributed by atoms with van der Waals surface area (Å²) in [4.78, 5) is 17.6. The molecule has 0 radical (unpaired) electrons. The van der Waals surface area contributed by atoms with E-state index in [1.807, 2.05) is 24.3 Å². The minimum atomic E-state index is -0.503. The minimum Gasteiger partial charge on any atom is -0.496 e. The monoisotopic (exact) mass is 376 g/mol. The van der Waals surface area contributed by atoms with Gasteiger partial charge >= 0.3 is 0 Å². The predicted molar refractivity (Wildman–Crippen MR) is 105 cm³/mol. The summed E-state index contributed by atoms with van der Waals surface area (Å²) in [5.41, 5.74) is 2.31. The highest BCUT2D eigenvalue weighted by Gasteiger charge is 2.19. The first kappa shape index (κ1) is 17.7. The zero-order valence-electron chi connectivity index (χ0n) is 15.3. The number of hydrogen-bond donors (Lipinski definition) is 1.